The third kappa shape index (κ3) is 1.79. The lowest BCUT2D eigenvalue weighted by Crippen LogP contribution is -2.10. The molecule has 1 aromatic rings. The van der Waals surface area contributed by atoms with Crippen molar-refractivity contribution in [3.63, 3.8) is 0 Å². The molecule has 2 nitrogen and oxygen atoms in total. The third-order valence-corrected chi connectivity index (χ3v) is 2.32. The average molecular weight is 191 g/mol. The molecular formula is C12H17NO. The summed E-state index contributed by atoms with van der Waals surface area (Å²) < 4.78 is 0. The van der Waals surface area contributed by atoms with E-state index in [-0.39, 0.29) is 11.8 Å². The Hall–Kier alpha value is -1.31. The maximum absolute atomic E-state index is 11.4. The minimum absolute atomic E-state index is 0.0706. The zero-order chi connectivity index (χ0) is 10.6. The van der Waals surface area contributed by atoms with Gasteiger partial charge in [-0.25, -0.2) is 0 Å². The molecule has 1 aromatic carbocycles. The summed E-state index contributed by atoms with van der Waals surface area (Å²) >= 11 is 0. The van der Waals surface area contributed by atoms with E-state index in [1.54, 1.807) is 0 Å². The Bertz CT molecular complexity index is 320. The molecule has 2 rings (SSSR count). The lowest BCUT2D eigenvalue weighted by Gasteiger charge is -2.02. The molecule has 1 aliphatic heterocycles. The highest BCUT2D eigenvalue weighted by Gasteiger charge is 2.27. The van der Waals surface area contributed by atoms with Crippen molar-refractivity contribution in [2.45, 2.75) is 33.1 Å². The number of hydrogen-bond donors (Lipinski definition) is 1. The molecule has 0 fully saturated rings. The van der Waals surface area contributed by atoms with Gasteiger partial charge in [-0.1, -0.05) is 39.0 Å². The topological polar surface area (TPSA) is 29.1 Å². The summed E-state index contributed by atoms with van der Waals surface area (Å²) in [6.07, 6.45) is 0.878. The first kappa shape index (κ1) is 10.8. The SMILES string of the molecule is CC.CCC1C(=O)Nc2ccccc21. The van der Waals surface area contributed by atoms with Crippen LogP contribution < -0.4 is 5.32 Å². The van der Waals surface area contributed by atoms with E-state index in [2.05, 4.69) is 5.32 Å². The largest absolute Gasteiger partial charge is 0.325 e. The van der Waals surface area contributed by atoms with Gasteiger partial charge in [-0.15, -0.1) is 0 Å². The number of carbonyl (C=O) groups is 1. The minimum Gasteiger partial charge on any atom is -0.325 e. The smallest absolute Gasteiger partial charge is 0.231 e. The number of benzene rings is 1. The van der Waals surface area contributed by atoms with Crippen LogP contribution in [0, 0.1) is 0 Å². The monoisotopic (exact) mass is 191 g/mol. The van der Waals surface area contributed by atoms with E-state index in [1.807, 2.05) is 45.0 Å². The minimum atomic E-state index is 0.0706. The molecule has 1 unspecified atom stereocenters. The zero-order valence-electron chi connectivity index (χ0n) is 9.00. The van der Waals surface area contributed by atoms with Gasteiger partial charge in [0.1, 0.15) is 0 Å². The molecule has 76 valence electrons. The van der Waals surface area contributed by atoms with Gasteiger partial charge >= 0.3 is 0 Å². The maximum atomic E-state index is 11.4. The number of amides is 1. The summed E-state index contributed by atoms with van der Waals surface area (Å²) in [6, 6.07) is 7.88. The summed E-state index contributed by atoms with van der Waals surface area (Å²) in [6.45, 7) is 6.03. The molecule has 1 atom stereocenters. The van der Waals surface area contributed by atoms with Crippen molar-refractivity contribution < 1.29 is 4.79 Å². The van der Waals surface area contributed by atoms with Gasteiger partial charge in [-0.3, -0.25) is 4.79 Å². The van der Waals surface area contributed by atoms with Gasteiger partial charge in [-0.05, 0) is 18.1 Å². The number of nitrogens with one attached hydrogen (secondary N) is 1. The van der Waals surface area contributed by atoms with Crippen molar-refractivity contribution in [2.75, 3.05) is 5.32 Å². The third-order valence-electron chi connectivity index (χ3n) is 2.32. The fraction of sp³-hybridized carbons (Fsp3) is 0.417. The summed E-state index contributed by atoms with van der Waals surface area (Å²) in [5.74, 6) is 0.208. The predicted octanol–water partition coefficient (Wildman–Crippen LogP) is 3.16. The van der Waals surface area contributed by atoms with E-state index in [0.29, 0.717) is 0 Å². The van der Waals surface area contributed by atoms with Crippen LogP contribution in [0.5, 0.6) is 0 Å². The molecule has 0 radical (unpaired) electrons. The lowest BCUT2D eigenvalue weighted by molar-refractivity contribution is -0.117. The summed E-state index contributed by atoms with van der Waals surface area (Å²) in [5, 5.41) is 2.86. The number of anilines is 1. The Balaban J connectivity index is 0.000000461. The Morgan fingerprint density at radius 1 is 1.29 bits per heavy atom. The van der Waals surface area contributed by atoms with Crippen LogP contribution in [-0.2, 0) is 4.79 Å². The summed E-state index contributed by atoms with van der Waals surface area (Å²) in [5.41, 5.74) is 2.12. The number of fused-ring (bicyclic) bond motifs is 1. The fourth-order valence-corrected chi connectivity index (χ4v) is 1.68. The van der Waals surface area contributed by atoms with Gasteiger partial charge in [0, 0.05) is 5.69 Å². The summed E-state index contributed by atoms with van der Waals surface area (Å²) in [7, 11) is 0. The molecule has 0 spiro atoms. The molecule has 0 aliphatic carbocycles. The first-order valence-corrected chi connectivity index (χ1v) is 5.22. The Morgan fingerprint density at radius 3 is 2.57 bits per heavy atom. The van der Waals surface area contributed by atoms with E-state index >= 15 is 0 Å². The van der Waals surface area contributed by atoms with Gasteiger partial charge in [-0.2, -0.15) is 0 Å². The van der Waals surface area contributed by atoms with Gasteiger partial charge in [0.05, 0.1) is 5.92 Å². The quantitative estimate of drug-likeness (QED) is 0.725. The van der Waals surface area contributed by atoms with Crippen molar-refractivity contribution in [3.8, 4) is 0 Å². The molecule has 1 aliphatic rings. The Morgan fingerprint density at radius 2 is 1.93 bits per heavy atom. The van der Waals surface area contributed by atoms with E-state index in [4.69, 9.17) is 0 Å². The van der Waals surface area contributed by atoms with Crippen molar-refractivity contribution in [3.05, 3.63) is 29.8 Å². The van der Waals surface area contributed by atoms with E-state index in [0.717, 1.165) is 17.7 Å². The Kier molecular flexibility index (Phi) is 3.69. The van der Waals surface area contributed by atoms with Crippen LogP contribution in [0.25, 0.3) is 0 Å². The van der Waals surface area contributed by atoms with Crippen LogP contribution in [0.2, 0.25) is 0 Å². The van der Waals surface area contributed by atoms with Gasteiger partial charge in [0.15, 0.2) is 0 Å². The fourth-order valence-electron chi connectivity index (χ4n) is 1.68. The van der Waals surface area contributed by atoms with Crippen LogP contribution in [0.4, 0.5) is 5.69 Å². The average Bonchev–Trinajstić information content (AvgIpc) is 2.56. The van der Waals surface area contributed by atoms with Crippen LogP contribution in [0.15, 0.2) is 24.3 Å². The zero-order valence-corrected chi connectivity index (χ0v) is 9.00. The van der Waals surface area contributed by atoms with E-state index < -0.39 is 0 Å². The first-order chi connectivity index (χ1) is 6.83. The first-order valence-electron chi connectivity index (χ1n) is 5.22. The van der Waals surface area contributed by atoms with Gasteiger partial charge < -0.3 is 5.32 Å². The molecule has 2 heteroatoms. The van der Waals surface area contributed by atoms with Crippen molar-refractivity contribution >= 4 is 11.6 Å². The number of hydrogen-bond acceptors (Lipinski definition) is 1. The van der Waals surface area contributed by atoms with E-state index in [1.165, 1.54) is 0 Å². The molecule has 0 saturated carbocycles. The molecule has 1 heterocycles. The Labute approximate surface area is 85.3 Å². The normalized spacial score (nSPS) is 17.9. The highest BCUT2D eigenvalue weighted by molar-refractivity contribution is 6.02. The van der Waals surface area contributed by atoms with Gasteiger partial charge in [0.25, 0.3) is 0 Å². The van der Waals surface area contributed by atoms with Crippen LogP contribution in [0.1, 0.15) is 38.7 Å². The van der Waals surface area contributed by atoms with Gasteiger partial charge in [0.2, 0.25) is 5.91 Å². The van der Waals surface area contributed by atoms with Crippen molar-refractivity contribution in [2.24, 2.45) is 0 Å². The van der Waals surface area contributed by atoms with Crippen LogP contribution >= 0.6 is 0 Å². The predicted molar refractivity (Wildman–Crippen MR) is 59.5 cm³/mol. The molecule has 0 bridgehead atoms. The van der Waals surface area contributed by atoms with Crippen LogP contribution in [-0.4, -0.2) is 5.91 Å². The number of carbonyl (C=O) groups excluding carboxylic acids is 1. The molecule has 0 saturated heterocycles. The molecule has 1 N–H and O–H groups in total. The second kappa shape index (κ2) is 4.80. The van der Waals surface area contributed by atoms with Crippen molar-refractivity contribution in [1.29, 1.82) is 0 Å². The summed E-state index contributed by atoms with van der Waals surface area (Å²) in [4.78, 5) is 11.4. The molecular weight excluding hydrogens is 174 g/mol. The second-order valence-corrected chi connectivity index (χ2v) is 3.04. The molecule has 14 heavy (non-hydrogen) atoms. The molecule has 1 amide bonds. The highest BCUT2D eigenvalue weighted by Crippen LogP contribution is 2.33. The lowest BCUT2D eigenvalue weighted by atomic mass is 9.98. The number of para-hydroxylation sites is 1. The van der Waals surface area contributed by atoms with Crippen LogP contribution in [0.3, 0.4) is 0 Å². The highest BCUT2D eigenvalue weighted by atomic mass is 16.2. The van der Waals surface area contributed by atoms with Crippen molar-refractivity contribution in [1.82, 2.24) is 0 Å². The van der Waals surface area contributed by atoms with E-state index in [9.17, 15) is 4.79 Å². The standard InChI is InChI=1S/C10H11NO.C2H6/c1-2-7-8-5-3-4-6-9(8)11-10(7)12;1-2/h3-7H,2H2,1H3,(H,11,12);1-2H3. The maximum Gasteiger partial charge on any atom is 0.231 e. The molecule has 0 aromatic heterocycles. The second-order valence-electron chi connectivity index (χ2n) is 3.04. The number of rotatable bonds is 1.